The number of rotatable bonds is 8. The van der Waals surface area contributed by atoms with Gasteiger partial charge in [0.1, 0.15) is 0 Å². The number of nitrogens with zero attached hydrogens (tertiary/aromatic N) is 4. The van der Waals surface area contributed by atoms with E-state index in [9.17, 15) is 4.79 Å². The minimum atomic E-state index is 0.125. The number of thiophene rings is 2. The molecule has 4 rings (SSSR count). The molecule has 0 aliphatic carbocycles. The Bertz CT molecular complexity index is 934. The maximum atomic E-state index is 13.2. The molecule has 1 unspecified atom stereocenters. The van der Waals surface area contributed by atoms with Crippen molar-refractivity contribution in [3.63, 3.8) is 0 Å². The van der Waals surface area contributed by atoms with Crippen LogP contribution in [0, 0.1) is 0 Å². The molecule has 1 aliphatic rings. The maximum Gasteiger partial charge on any atom is 0.257 e. The molecule has 1 atom stereocenters. The number of hydrogen-bond acceptors (Lipinski definition) is 7. The van der Waals surface area contributed by atoms with Crippen LogP contribution in [0.15, 0.2) is 33.4 Å². The summed E-state index contributed by atoms with van der Waals surface area (Å²) in [6.07, 6.45) is 2.93. The van der Waals surface area contributed by atoms with Crippen molar-refractivity contribution >= 4 is 28.6 Å². The van der Waals surface area contributed by atoms with Crippen LogP contribution in [-0.4, -0.2) is 45.5 Å². The van der Waals surface area contributed by atoms with Gasteiger partial charge in [-0.15, -0.1) is 32.9 Å². The molecule has 1 amide bonds. The Labute approximate surface area is 179 Å². The van der Waals surface area contributed by atoms with Gasteiger partial charge in [-0.2, -0.15) is 0 Å². The Hall–Kier alpha value is -2.03. The highest BCUT2D eigenvalue weighted by molar-refractivity contribution is 7.13. The predicted octanol–water partition coefficient (Wildman–Crippen LogP) is 4.61. The largest absolute Gasteiger partial charge is 0.418 e. The molecule has 6 nitrogen and oxygen atoms in total. The van der Waals surface area contributed by atoms with Gasteiger partial charge in [0, 0.05) is 24.0 Å². The molecule has 0 fully saturated rings. The monoisotopic (exact) mass is 430 g/mol. The summed E-state index contributed by atoms with van der Waals surface area (Å²) in [5.41, 5.74) is 1.40. The van der Waals surface area contributed by atoms with Gasteiger partial charge >= 0.3 is 0 Å². The first-order valence-electron chi connectivity index (χ1n) is 10.1. The van der Waals surface area contributed by atoms with Crippen molar-refractivity contribution in [3.8, 4) is 10.8 Å². The molecule has 0 bridgehead atoms. The van der Waals surface area contributed by atoms with Crippen LogP contribution in [0.25, 0.3) is 10.8 Å². The molecule has 0 radical (unpaired) electrons. The summed E-state index contributed by atoms with van der Waals surface area (Å²) in [6, 6.07) is 6.46. The molecule has 0 saturated carbocycles. The quantitative estimate of drug-likeness (QED) is 0.522. The van der Waals surface area contributed by atoms with E-state index < -0.39 is 0 Å². The molecular weight excluding hydrogens is 404 g/mol. The average molecular weight is 431 g/mol. The van der Waals surface area contributed by atoms with Gasteiger partial charge < -0.3 is 9.32 Å². The molecule has 3 aromatic rings. The topological polar surface area (TPSA) is 62.5 Å². The fourth-order valence-electron chi connectivity index (χ4n) is 3.93. The second-order valence-corrected chi connectivity index (χ2v) is 9.19. The van der Waals surface area contributed by atoms with Crippen molar-refractivity contribution < 1.29 is 9.21 Å². The van der Waals surface area contributed by atoms with E-state index in [1.807, 2.05) is 33.7 Å². The molecule has 0 aromatic carbocycles. The van der Waals surface area contributed by atoms with Gasteiger partial charge in [0.15, 0.2) is 0 Å². The number of carbonyl (C=O) groups excluding carboxylic acids is 1. The first-order valence-corrected chi connectivity index (χ1v) is 11.9. The molecule has 8 heteroatoms. The van der Waals surface area contributed by atoms with Crippen LogP contribution >= 0.6 is 22.7 Å². The minimum Gasteiger partial charge on any atom is -0.418 e. The van der Waals surface area contributed by atoms with E-state index in [2.05, 4.69) is 40.4 Å². The van der Waals surface area contributed by atoms with Crippen molar-refractivity contribution in [2.75, 3.05) is 19.6 Å². The molecule has 4 heterocycles. The summed E-state index contributed by atoms with van der Waals surface area (Å²) in [7, 11) is 0. The third kappa shape index (κ3) is 4.44. The van der Waals surface area contributed by atoms with E-state index in [0.29, 0.717) is 37.5 Å². The maximum absolute atomic E-state index is 13.2. The summed E-state index contributed by atoms with van der Waals surface area (Å²) in [5.74, 6) is 1.13. The van der Waals surface area contributed by atoms with Gasteiger partial charge in [-0.3, -0.25) is 9.69 Å². The molecule has 29 heavy (non-hydrogen) atoms. The van der Waals surface area contributed by atoms with Gasteiger partial charge in [-0.25, -0.2) is 0 Å². The lowest BCUT2D eigenvalue weighted by molar-refractivity contribution is -0.134. The van der Waals surface area contributed by atoms with Crippen LogP contribution < -0.4 is 0 Å². The third-order valence-corrected chi connectivity index (χ3v) is 7.16. The van der Waals surface area contributed by atoms with Crippen LogP contribution in [-0.2, 0) is 17.8 Å². The Kier molecular flexibility index (Phi) is 6.42. The Morgan fingerprint density at radius 3 is 2.93 bits per heavy atom. The van der Waals surface area contributed by atoms with E-state index in [4.69, 9.17) is 4.42 Å². The zero-order chi connectivity index (χ0) is 20.2. The summed E-state index contributed by atoms with van der Waals surface area (Å²) < 4.78 is 5.81. The van der Waals surface area contributed by atoms with Gasteiger partial charge in [0.2, 0.25) is 11.8 Å². The second-order valence-electron chi connectivity index (χ2n) is 7.24. The van der Waals surface area contributed by atoms with Crippen LogP contribution in [0.3, 0.4) is 0 Å². The summed E-state index contributed by atoms with van der Waals surface area (Å²) in [6.45, 7) is 6.69. The SMILES string of the molecule is CCCN(Cc1nnc(-c2cccs2)o1)C(=O)CN1CCc2sccc2C1CC. The van der Waals surface area contributed by atoms with E-state index in [0.717, 1.165) is 30.7 Å². The molecular formula is C21H26N4O2S2. The highest BCUT2D eigenvalue weighted by atomic mass is 32.1. The molecule has 3 aromatic heterocycles. The van der Waals surface area contributed by atoms with E-state index in [1.165, 1.54) is 10.4 Å². The second kappa shape index (κ2) is 9.19. The average Bonchev–Trinajstić information content (AvgIpc) is 3.48. The number of hydrogen-bond donors (Lipinski definition) is 0. The lowest BCUT2D eigenvalue weighted by Crippen LogP contribution is -2.44. The third-order valence-electron chi connectivity index (χ3n) is 5.30. The molecule has 154 valence electrons. The fraction of sp³-hybridized carbons (Fsp3) is 0.476. The van der Waals surface area contributed by atoms with Crippen LogP contribution in [0.2, 0.25) is 0 Å². The molecule has 0 N–H and O–H groups in total. The summed E-state index contributed by atoms with van der Waals surface area (Å²) in [5, 5.41) is 12.4. The Morgan fingerprint density at radius 1 is 1.28 bits per heavy atom. The lowest BCUT2D eigenvalue weighted by atomic mass is 9.98. The molecule has 1 aliphatic heterocycles. The number of fused-ring (bicyclic) bond motifs is 1. The first-order chi connectivity index (χ1) is 14.2. The van der Waals surface area contributed by atoms with Gasteiger partial charge in [-0.05, 0) is 47.7 Å². The fourth-order valence-corrected chi connectivity index (χ4v) is 5.50. The highest BCUT2D eigenvalue weighted by Crippen LogP contribution is 2.35. The summed E-state index contributed by atoms with van der Waals surface area (Å²) in [4.78, 5) is 19.7. The zero-order valence-electron chi connectivity index (χ0n) is 16.8. The summed E-state index contributed by atoms with van der Waals surface area (Å²) >= 11 is 3.40. The molecule has 0 spiro atoms. The van der Waals surface area contributed by atoms with Crippen molar-refractivity contribution in [2.45, 2.75) is 45.7 Å². The van der Waals surface area contributed by atoms with Crippen molar-refractivity contribution in [3.05, 3.63) is 45.3 Å². The normalized spacial score (nSPS) is 16.7. The van der Waals surface area contributed by atoms with Crippen LogP contribution in [0.1, 0.15) is 49.1 Å². The van der Waals surface area contributed by atoms with Crippen molar-refractivity contribution in [1.29, 1.82) is 0 Å². The standard InChI is InChI=1S/C21H26N4O2S2/c1-3-9-25(13-19-22-23-21(27-19)18-6-5-11-28-18)20(26)14-24-10-7-17-15(8-12-29-17)16(24)4-2/h5-6,8,11-12,16H,3-4,7,9-10,13-14H2,1-2H3. The highest BCUT2D eigenvalue weighted by Gasteiger charge is 2.29. The van der Waals surface area contributed by atoms with Crippen molar-refractivity contribution in [1.82, 2.24) is 20.0 Å². The van der Waals surface area contributed by atoms with Crippen molar-refractivity contribution in [2.24, 2.45) is 0 Å². The predicted molar refractivity (Wildman–Crippen MR) is 116 cm³/mol. The number of carbonyl (C=O) groups is 1. The smallest absolute Gasteiger partial charge is 0.257 e. The van der Waals surface area contributed by atoms with E-state index in [-0.39, 0.29) is 5.91 Å². The van der Waals surface area contributed by atoms with Crippen LogP contribution in [0.4, 0.5) is 0 Å². The van der Waals surface area contributed by atoms with E-state index in [1.54, 1.807) is 11.3 Å². The molecule has 0 saturated heterocycles. The van der Waals surface area contributed by atoms with Gasteiger partial charge in [0.05, 0.1) is 18.0 Å². The number of amides is 1. The minimum absolute atomic E-state index is 0.125. The van der Waals surface area contributed by atoms with Crippen LogP contribution in [0.5, 0.6) is 0 Å². The lowest BCUT2D eigenvalue weighted by Gasteiger charge is -2.36. The zero-order valence-corrected chi connectivity index (χ0v) is 18.5. The Balaban J connectivity index is 1.44. The van der Waals surface area contributed by atoms with E-state index >= 15 is 0 Å². The Morgan fingerprint density at radius 2 is 2.17 bits per heavy atom. The number of aromatic nitrogens is 2. The van der Waals surface area contributed by atoms with Gasteiger partial charge in [0.25, 0.3) is 5.89 Å². The van der Waals surface area contributed by atoms with Gasteiger partial charge in [-0.1, -0.05) is 19.9 Å². The first kappa shape index (κ1) is 20.3.